The third kappa shape index (κ3) is 4.04. The average molecular weight is 299 g/mol. The molecule has 0 unspecified atom stereocenters. The van der Waals surface area contributed by atoms with Crippen LogP contribution in [-0.2, 0) is 11.3 Å². The Bertz CT molecular complexity index is 431. The van der Waals surface area contributed by atoms with E-state index in [0.29, 0.717) is 19.7 Å². The van der Waals surface area contributed by atoms with Crippen molar-refractivity contribution in [1.82, 2.24) is 20.0 Å². The summed E-state index contributed by atoms with van der Waals surface area (Å²) >= 11 is 1.59. The SMILES string of the molecule is CCNc1nnc(CN2CCN(C(=O)OCC)CC2)s1. The second kappa shape index (κ2) is 7.39. The topological polar surface area (TPSA) is 70.6 Å². The van der Waals surface area contributed by atoms with Gasteiger partial charge >= 0.3 is 6.09 Å². The molecule has 1 saturated heterocycles. The minimum Gasteiger partial charge on any atom is -0.450 e. The summed E-state index contributed by atoms with van der Waals surface area (Å²) in [4.78, 5) is 15.6. The van der Waals surface area contributed by atoms with Gasteiger partial charge in [0.25, 0.3) is 0 Å². The first-order chi connectivity index (χ1) is 9.72. The fourth-order valence-corrected chi connectivity index (χ4v) is 2.88. The Balaban J connectivity index is 1.77. The first-order valence-corrected chi connectivity index (χ1v) is 7.74. The summed E-state index contributed by atoms with van der Waals surface area (Å²) in [6.07, 6.45) is -0.211. The molecule has 2 rings (SSSR count). The lowest BCUT2D eigenvalue weighted by molar-refractivity contribution is 0.0778. The maximum atomic E-state index is 11.6. The van der Waals surface area contributed by atoms with Crippen molar-refractivity contribution in [2.24, 2.45) is 0 Å². The number of amides is 1. The Morgan fingerprint density at radius 1 is 1.30 bits per heavy atom. The summed E-state index contributed by atoms with van der Waals surface area (Å²) in [5, 5.41) is 13.3. The van der Waals surface area contributed by atoms with Crippen LogP contribution >= 0.6 is 11.3 Å². The summed E-state index contributed by atoms with van der Waals surface area (Å²) in [5.41, 5.74) is 0. The van der Waals surface area contributed by atoms with Crippen molar-refractivity contribution in [2.75, 3.05) is 44.6 Å². The lowest BCUT2D eigenvalue weighted by Crippen LogP contribution is -2.48. The molecule has 1 N–H and O–H groups in total. The van der Waals surface area contributed by atoms with E-state index in [4.69, 9.17) is 4.74 Å². The highest BCUT2D eigenvalue weighted by Gasteiger charge is 2.22. The Labute approximate surface area is 122 Å². The standard InChI is InChI=1S/C12H21N5O2S/c1-3-13-11-15-14-10(20-11)9-16-5-7-17(8-6-16)12(18)19-4-2/h3-9H2,1-2H3,(H,13,15). The van der Waals surface area contributed by atoms with Gasteiger partial charge < -0.3 is 15.0 Å². The molecule has 1 aromatic heterocycles. The highest BCUT2D eigenvalue weighted by atomic mass is 32.1. The molecule has 0 spiro atoms. The van der Waals surface area contributed by atoms with Crippen molar-refractivity contribution in [2.45, 2.75) is 20.4 Å². The number of rotatable bonds is 5. The Morgan fingerprint density at radius 2 is 2.05 bits per heavy atom. The summed E-state index contributed by atoms with van der Waals surface area (Å²) in [5.74, 6) is 0. The molecule has 112 valence electrons. The van der Waals surface area contributed by atoms with E-state index in [-0.39, 0.29) is 6.09 Å². The van der Waals surface area contributed by atoms with E-state index in [0.717, 1.165) is 36.3 Å². The molecule has 0 aromatic carbocycles. The van der Waals surface area contributed by atoms with Gasteiger partial charge in [-0.05, 0) is 13.8 Å². The molecule has 0 radical (unpaired) electrons. The maximum Gasteiger partial charge on any atom is 0.409 e. The second-order valence-electron chi connectivity index (χ2n) is 4.49. The first kappa shape index (κ1) is 15.0. The fraction of sp³-hybridized carbons (Fsp3) is 0.750. The van der Waals surface area contributed by atoms with Crippen LogP contribution in [0.2, 0.25) is 0 Å². The summed E-state index contributed by atoms with van der Waals surface area (Å²) in [7, 11) is 0. The zero-order valence-corrected chi connectivity index (χ0v) is 12.8. The summed E-state index contributed by atoms with van der Waals surface area (Å²) < 4.78 is 5.01. The van der Waals surface area contributed by atoms with Crippen molar-refractivity contribution in [1.29, 1.82) is 0 Å². The lowest BCUT2D eigenvalue weighted by Gasteiger charge is -2.33. The van der Waals surface area contributed by atoms with Crippen LogP contribution in [0.4, 0.5) is 9.93 Å². The number of carbonyl (C=O) groups is 1. The monoisotopic (exact) mass is 299 g/mol. The van der Waals surface area contributed by atoms with Crippen LogP contribution in [0.5, 0.6) is 0 Å². The van der Waals surface area contributed by atoms with Gasteiger partial charge in [-0.1, -0.05) is 11.3 Å². The normalized spacial score (nSPS) is 16.2. The molecule has 7 nitrogen and oxygen atoms in total. The van der Waals surface area contributed by atoms with Crippen molar-refractivity contribution >= 4 is 22.6 Å². The van der Waals surface area contributed by atoms with Gasteiger partial charge in [0.1, 0.15) is 5.01 Å². The number of hydrogen-bond acceptors (Lipinski definition) is 7. The molecule has 0 bridgehead atoms. The maximum absolute atomic E-state index is 11.6. The van der Waals surface area contributed by atoms with Crippen LogP contribution in [0.3, 0.4) is 0 Å². The van der Waals surface area contributed by atoms with E-state index < -0.39 is 0 Å². The number of carbonyl (C=O) groups excluding carboxylic acids is 1. The molecule has 20 heavy (non-hydrogen) atoms. The molecule has 2 heterocycles. The predicted octanol–water partition coefficient (Wildman–Crippen LogP) is 1.24. The minimum atomic E-state index is -0.211. The molecule has 1 aliphatic rings. The van der Waals surface area contributed by atoms with Gasteiger partial charge in [-0.2, -0.15) is 0 Å². The van der Waals surface area contributed by atoms with Gasteiger partial charge in [0.05, 0.1) is 13.2 Å². The number of nitrogens with one attached hydrogen (secondary N) is 1. The van der Waals surface area contributed by atoms with E-state index in [9.17, 15) is 4.79 Å². The quantitative estimate of drug-likeness (QED) is 0.882. The van der Waals surface area contributed by atoms with E-state index in [1.165, 1.54) is 0 Å². The highest BCUT2D eigenvalue weighted by Crippen LogP contribution is 2.17. The zero-order valence-electron chi connectivity index (χ0n) is 12.0. The van der Waals surface area contributed by atoms with E-state index in [2.05, 4.69) is 20.4 Å². The van der Waals surface area contributed by atoms with Crippen molar-refractivity contribution in [3.63, 3.8) is 0 Å². The van der Waals surface area contributed by atoms with Crippen molar-refractivity contribution < 1.29 is 9.53 Å². The molecule has 1 amide bonds. The number of ether oxygens (including phenoxy) is 1. The molecule has 8 heteroatoms. The predicted molar refractivity (Wildman–Crippen MR) is 77.9 cm³/mol. The van der Waals surface area contributed by atoms with Gasteiger partial charge in [0, 0.05) is 32.7 Å². The molecular weight excluding hydrogens is 278 g/mol. The molecule has 1 aromatic rings. The van der Waals surface area contributed by atoms with E-state index >= 15 is 0 Å². The first-order valence-electron chi connectivity index (χ1n) is 6.93. The van der Waals surface area contributed by atoms with Gasteiger partial charge in [0.15, 0.2) is 0 Å². The van der Waals surface area contributed by atoms with Gasteiger partial charge in [0.2, 0.25) is 5.13 Å². The highest BCUT2D eigenvalue weighted by molar-refractivity contribution is 7.15. The molecular formula is C12H21N5O2S. The molecule has 1 aliphatic heterocycles. The van der Waals surface area contributed by atoms with Crippen LogP contribution in [-0.4, -0.2) is 65.4 Å². The number of hydrogen-bond donors (Lipinski definition) is 1. The Hall–Kier alpha value is -1.41. The smallest absolute Gasteiger partial charge is 0.409 e. The molecule has 0 aliphatic carbocycles. The number of nitrogens with zero attached hydrogens (tertiary/aromatic N) is 4. The summed E-state index contributed by atoms with van der Waals surface area (Å²) in [6, 6.07) is 0. The van der Waals surface area contributed by atoms with Crippen LogP contribution < -0.4 is 5.32 Å². The number of piperazine rings is 1. The zero-order chi connectivity index (χ0) is 14.4. The van der Waals surface area contributed by atoms with Crippen molar-refractivity contribution in [3.05, 3.63) is 5.01 Å². The lowest BCUT2D eigenvalue weighted by atomic mass is 10.3. The molecule has 0 atom stereocenters. The van der Waals surface area contributed by atoms with Crippen LogP contribution in [0, 0.1) is 0 Å². The second-order valence-corrected chi connectivity index (χ2v) is 5.56. The van der Waals surface area contributed by atoms with Gasteiger partial charge in [-0.25, -0.2) is 4.79 Å². The fourth-order valence-electron chi connectivity index (χ4n) is 2.03. The van der Waals surface area contributed by atoms with Gasteiger partial charge in [-0.3, -0.25) is 4.90 Å². The number of aromatic nitrogens is 2. The molecule has 0 saturated carbocycles. The van der Waals surface area contributed by atoms with Crippen LogP contribution in [0.15, 0.2) is 0 Å². The van der Waals surface area contributed by atoms with Crippen LogP contribution in [0.1, 0.15) is 18.9 Å². The largest absolute Gasteiger partial charge is 0.450 e. The van der Waals surface area contributed by atoms with Crippen LogP contribution in [0.25, 0.3) is 0 Å². The average Bonchev–Trinajstić information content (AvgIpc) is 2.88. The molecule has 1 fully saturated rings. The Morgan fingerprint density at radius 3 is 2.70 bits per heavy atom. The van der Waals surface area contributed by atoms with Crippen molar-refractivity contribution in [3.8, 4) is 0 Å². The Kier molecular flexibility index (Phi) is 5.54. The minimum absolute atomic E-state index is 0.211. The third-order valence-electron chi connectivity index (χ3n) is 3.05. The van der Waals surface area contributed by atoms with E-state index in [1.54, 1.807) is 16.2 Å². The number of anilines is 1. The third-order valence-corrected chi connectivity index (χ3v) is 3.92. The van der Waals surface area contributed by atoms with Gasteiger partial charge in [-0.15, -0.1) is 10.2 Å². The van der Waals surface area contributed by atoms with E-state index in [1.807, 2.05) is 13.8 Å². The summed E-state index contributed by atoms with van der Waals surface area (Å²) in [6.45, 7) is 9.03.